The number of anilines is 1. The number of hydrogen-bond acceptors (Lipinski definition) is 5. The van der Waals surface area contributed by atoms with Crippen LogP contribution in [0.1, 0.15) is 6.92 Å². The molecule has 0 aliphatic rings. The van der Waals surface area contributed by atoms with Crippen LogP contribution in [0, 0.1) is 0 Å². The Hall–Kier alpha value is -2.22. The molecule has 0 saturated carbocycles. The van der Waals surface area contributed by atoms with Gasteiger partial charge >= 0.3 is 0 Å². The maximum absolute atomic E-state index is 12.5. The summed E-state index contributed by atoms with van der Waals surface area (Å²) in [4.78, 5) is 20.9. The topological polar surface area (TPSA) is 69.0 Å². The second-order valence-corrected chi connectivity index (χ2v) is 7.66. The number of nitrogens with one attached hydrogen (secondary N) is 1. The van der Waals surface area contributed by atoms with Gasteiger partial charge in [0.05, 0.1) is 22.4 Å². The molecule has 1 unspecified atom stereocenters. The van der Waals surface area contributed by atoms with E-state index in [1.807, 2.05) is 35.0 Å². The van der Waals surface area contributed by atoms with Gasteiger partial charge in [0, 0.05) is 24.3 Å². The molecule has 0 radical (unpaired) electrons. The minimum atomic E-state index is -0.419. The Labute approximate surface area is 170 Å². The smallest absolute Gasteiger partial charge is 0.238 e. The van der Waals surface area contributed by atoms with Gasteiger partial charge < -0.3 is 10.1 Å². The summed E-state index contributed by atoms with van der Waals surface area (Å²) in [6, 6.07) is 9.11. The lowest BCUT2D eigenvalue weighted by Gasteiger charge is -2.13. The molecule has 6 nitrogen and oxygen atoms in total. The number of methoxy groups -OCH3 is 1. The van der Waals surface area contributed by atoms with Crippen LogP contribution in [-0.4, -0.2) is 32.8 Å². The largest absolute Gasteiger partial charge is 0.497 e. The van der Waals surface area contributed by atoms with Gasteiger partial charge in [0.15, 0.2) is 11.0 Å². The average Bonchev–Trinajstić information content (AvgIpc) is 3.12. The van der Waals surface area contributed by atoms with Crippen molar-refractivity contribution in [3.63, 3.8) is 0 Å². The van der Waals surface area contributed by atoms with E-state index in [4.69, 9.17) is 27.9 Å². The van der Waals surface area contributed by atoms with Crippen LogP contribution in [0.3, 0.4) is 0 Å². The van der Waals surface area contributed by atoms with Gasteiger partial charge in [-0.2, -0.15) is 0 Å². The molecule has 0 saturated heterocycles. The summed E-state index contributed by atoms with van der Waals surface area (Å²) in [6.07, 6.45) is 4.96. The van der Waals surface area contributed by atoms with E-state index in [0.29, 0.717) is 10.2 Å². The third kappa shape index (κ3) is 4.74. The number of amides is 1. The number of carbonyl (C=O) groups excluding carboxylic acids is 1. The fourth-order valence-electron chi connectivity index (χ4n) is 2.25. The zero-order valence-electron chi connectivity index (χ0n) is 14.5. The summed E-state index contributed by atoms with van der Waals surface area (Å²) in [6.45, 7) is 1.79. The summed E-state index contributed by atoms with van der Waals surface area (Å²) >= 11 is 13.2. The molecule has 0 aliphatic heterocycles. The summed E-state index contributed by atoms with van der Waals surface area (Å²) in [5, 5.41) is 3.67. The first-order valence-electron chi connectivity index (χ1n) is 7.94. The highest BCUT2D eigenvalue weighted by Gasteiger charge is 2.19. The average molecular weight is 423 g/mol. The number of benzene rings is 1. The predicted octanol–water partition coefficient (Wildman–Crippen LogP) is 4.70. The molecule has 9 heteroatoms. The van der Waals surface area contributed by atoms with Crippen molar-refractivity contribution in [2.75, 3.05) is 12.4 Å². The normalized spacial score (nSPS) is 11.9. The minimum Gasteiger partial charge on any atom is -0.497 e. The number of nitrogens with zero attached hydrogens (tertiary/aromatic N) is 3. The predicted molar refractivity (Wildman–Crippen MR) is 108 cm³/mol. The molecule has 1 aromatic carbocycles. The maximum Gasteiger partial charge on any atom is 0.238 e. The van der Waals surface area contributed by atoms with Crippen LogP contribution in [0.5, 0.6) is 5.75 Å². The lowest BCUT2D eigenvalue weighted by Crippen LogP contribution is -2.23. The third-order valence-electron chi connectivity index (χ3n) is 3.66. The first-order chi connectivity index (χ1) is 13.0. The van der Waals surface area contributed by atoms with Crippen LogP contribution in [0.15, 0.2) is 54.1 Å². The van der Waals surface area contributed by atoms with Gasteiger partial charge in [-0.1, -0.05) is 35.0 Å². The maximum atomic E-state index is 12.5. The highest BCUT2D eigenvalue weighted by atomic mass is 35.5. The zero-order valence-corrected chi connectivity index (χ0v) is 16.8. The van der Waals surface area contributed by atoms with E-state index in [1.165, 1.54) is 24.0 Å². The van der Waals surface area contributed by atoms with Gasteiger partial charge in [-0.3, -0.25) is 9.36 Å². The monoisotopic (exact) mass is 422 g/mol. The van der Waals surface area contributed by atoms with Gasteiger partial charge in [0.1, 0.15) is 5.75 Å². The number of hydrogen-bond donors (Lipinski definition) is 1. The molecule has 2 aromatic heterocycles. The van der Waals surface area contributed by atoms with Crippen molar-refractivity contribution in [2.24, 2.45) is 0 Å². The van der Waals surface area contributed by atoms with E-state index in [9.17, 15) is 4.79 Å². The number of aromatic nitrogens is 3. The van der Waals surface area contributed by atoms with Gasteiger partial charge in [0.2, 0.25) is 5.91 Å². The van der Waals surface area contributed by atoms with Crippen molar-refractivity contribution in [3.8, 4) is 11.4 Å². The van der Waals surface area contributed by atoms with Crippen LogP contribution in [0.2, 0.25) is 10.0 Å². The molecular formula is C18H16Cl2N4O2S. The van der Waals surface area contributed by atoms with Crippen LogP contribution < -0.4 is 10.1 Å². The molecular weight excluding hydrogens is 407 g/mol. The molecule has 27 heavy (non-hydrogen) atoms. The van der Waals surface area contributed by atoms with Gasteiger partial charge in [-0.15, -0.1) is 0 Å². The van der Waals surface area contributed by atoms with E-state index >= 15 is 0 Å². The fraction of sp³-hybridized carbons (Fsp3) is 0.167. The molecule has 1 N–H and O–H groups in total. The van der Waals surface area contributed by atoms with Crippen molar-refractivity contribution in [3.05, 3.63) is 59.0 Å². The first kappa shape index (κ1) is 19.5. The Morgan fingerprint density at radius 3 is 2.67 bits per heavy atom. The van der Waals surface area contributed by atoms with Crippen LogP contribution in [0.25, 0.3) is 5.69 Å². The zero-order chi connectivity index (χ0) is 19.4. The Kier molecular flexibility index (Phi) is 6.26. The highest BCUT2D eigenvalue weighted by molar-refractivity contribution is 8.00. The molecule has 2 heterocycles. The molecule has 140 valence electrons. The highest BCUT2D eigenvalue weighted by Crippen LogP contribution is 2.27. The number of carbonyl (C=O) groups is 1. The van der Waals surface area contributed by atoms with Crippen molar-refractivity contribution in [2.45, 2.75) is 17.3 Å². The fourth-order valence-corrected chi connectivity index (χ4v) is 3.56. The Balaban J connectivity index is 1.71. The minimum absolute atomic E-state index is 0.235. The SMILES string of the molecule is COc1ccc(-n2ccnc2SC(C)C(=O)Nc2ncc(Cl)cc2Cl)cc1. The van der Waals surface area contributed by atoms with Crippen molar-refractivity contribution in [1.82, 2.24) is 14.5 Å². The van der Waals surface area contributed by atoms with Gasteiger partial charge in [-0.05, 0) is 37.3 Å². The lowest BCUT2D eigenvalue weighted by atomic mass is 10.3. The van der Waals surface area contributed by atoms with E-state index in [-0.39, 0.29) is 16.7 Å². The quantitative estimate of drug-likeness (QED) is 0.582. The van der Waals surface area contributed by atoms with Crippen LogP contribution in [-0.2, 0) is 4.79 Å². The summed E-state index contributed by atoms with van der Waals surface area (Å²) in [7, 11) is 1.62. The molecule has 0 spiro atoms. The molecule has 0 aliphatic carbocycles. The number of halogens is 2. The Morgan fingerprint density at radius 2 is 2.00 bits per heavy atom. The standard InChI is InChI=1S/C18H16Cl2N4O2S/c1-11(17(25)23-16-15(20)9-12(19)10-22-16)27-18-21-7-8-24(18)13-3-5-14(26-2)6-4-13/h3-11H,1-2H3,(H,22,23,25). The molecule has 0 bridgehead atoms. The number of thioether (sulfide) groups is 1. The molecule has 1 atom stereocenters. The van der Waals surface area contributed by atoms with E-state index < -0.39 is 5.25 Å². The van der Waals surface area contributed by atoms with Crippen LogP contribution >= 0.6 is 35.0 Å². The molecule has 3 rings (SSSR count). The molecule has 1 amide bonds. The third-order valence-corrected chi connectivity index (χ3v) is 5.23. The van der Waals surface area contributed by atoms with E-state index in [1.54, 1.807) is 20.2 Å². The Morgan fingerprint density at radius 1 is 1.26 bits per heavy atom. The van der Waals surface area contributed by atoms with Crippen molar-refractivity contribution >= 4 is 46.7 Å². The molecule has 0 fully saturated rings. The van der Waals surface area contributed by atoms with Gasteiger partial charge in [-0.25, -0.2) is 9.97 Å². The summed E-state index contributed by atoms with van der Waals surface area (Å²) in [5.41, 5.74) is 0.922. The van der Waals surface area contributed by atoms with Crippen molar-refractivity contribution < 1.29 is 9.53 Å². The second-order valence-electron chi connectivity index (χ2n) is 5.51. The van der Waals surface area contributed by atoms with Crippen LogP contribution in [0.4, 0.5) is 5.82 Å². The number of imidazole rings is 1. The number of pyridine rings is 1. The van der Waals surface area contributed by atoms with E-state index in [2.05, 4.69) is 15.3 Å². The second kappa shape index (κ2) is 8.65. The number of ether oxygens (including phenoxy) is 1. The molecule has 3 aromatic rings. The van der Waals surface area contributed by atoms with Gasteiger partial charge in [0.25, 0.3) is 0 Å². The lowest BCUT2D eigenvalue weighted by molar-refractivity contribution is -0.115. The van der Waals surface area contributed by atoms with Crippen molar-refractivity contribution in [1.29, 1.82) is 0 Å². The van der Waals surface area contributed by atoms with E-state index in [0.717, 1.165) is 11.4 Å². The first-order valence-corrected chi connectivity index (χ1v) is 9.58. The summed E-state index contributed by atoms with van der Waals surface area (Å²) < 4.78 is 7.08. The number of rotatable bonds is 6. The Bertz CT molecular complexity index is 947. The summed E-state index contributed by atoms with van der Waals surface area (Å²) in [5.74, 6) is 0.811.